The number of fused-ring (bicyclic) bond motifs is 2. The van der Waals surface area contributed by atoms with E-state index in [0.717, 1.165) is 11.1 Å². The first-order valence-corrected chi connectivity index (χ1v) is 13.2. The van der Waals surface area contributed by atoms with E-state index >= 15 is 0 Å². The lowest BCUT2D eigenvalue weighted by Crippen LogP contribution is -2.61. The van der Waals surface area contributed by atoms with Gasteiger partial charge in [-0.3, -0.25) is 19.2 Å². The number of rotatable bonds is 6. The van der Waals surface area contributed by atoms with E-state index in [2.05, 4.69) is 10.6 Å². The molecule has 4 rings (SSSR count). The van der Waals surface area contributed by atoms with Crippen molar-refractivity contribution >= 4 is 29.3 Å². The molecule has 1 saturated heterocycles. The molecule has 1 aromatic rings. The Morgan fingerprint density at radius 3 is 2.42 bits per heavy atom. The van der Waals surface area contributed by atoms with E-state index in [1.54, 1.807) is 6.07 Å². The predicted octanol–water partition coefficient (Wildman–Crippen LogP) is 3.01. The van der Waals surface area contributed by atoms with E-state index in [0.29, 0.717) is 5.69 Å². The second kappa shape index (κ2) is 9.78. The Hall–Kier alpha value is -3.62. The molecule has 12 heteroatoms. The highest BCUT2D eigenvalue weighted by molar-refractivity contribution is 6.03. The Morgan fingerprint density at radius 2 is 1.85 bits per heavy atom. The van der Waals surface area contributed by atoms with Gasteiger partial charge in [0.15, 0.2) is 0 Å². The van der Waals surface area contributed by atoms with Crippen LogP contribution in [-0.4, -0.2) is 59.4 Å². The molecule has 3 N–H and O–H groups in total. The summed E-state index contributed by atoms with van der Waals surface area (Å²) in [4.78, 5) is 52.9. The van der Waals surface area contributed by atoms with Gasteiger partial charge in [-0.15, -0.1) is 0 Å². The summed E-state index contributed by atoms with van der Waals surface area (Å²) in [6.07, 6.45) is -5.17. The number of hydrogen-bond acceptors (Lipinski definition) is 5. The molecule has 2 aliphatic heterocycles. The van der Waals surface area contributed by atoms with Crippen LogP contribution in [-0.2, 0) is 19.2 Å². The Morgan fingerprint density at radius 1 is 1.20 bits per heavy atom. The summed E-state index contributed by atoms with van der Waals surface area (Å²) in [5.74, 6) is -4.92. The number of alkyl halides is 3. The van der Waals surface area contributed by atoms with Crippen molar-refractivity contribution in [3.63, 3.8) is 0 Å². The highest BCUT2D eigenvalue weighted by Gasteiger charge is 2.70. The first kappa shape index (κ1) is 29.4. The summed E-state index contributed by atoms with van der Waals surface area (Å²) >= 11 is 0. The number of hydrogen-bond donors (Lipinski definition) is 3. The minimum Gasteiger partial charge on any atom is -0.339 e. The number of likely N-dealkylation sites (tertiary alicyclic amines) is 1. The fraction of sp³-hybridized carbons (Fsp3) is 0.607. The van der Waals surface area contributed by atoms with E-state index in [9.17, 15) is 37.6 Å². The summed E-state index contributed by atoms with van der Waals surface area (Å²) in [6.45, 7) is 10.5. The van der Waals surface area contributed by atoms with Crippen LogP contribution in [0, 0.1) is 40.9 Å². The lowest BCUT2D eigenvalue weighted by molar-refractivity contribution is -0.176. The minimum atomic E-state index is -5.18. The zero-order chi connectivity index (χ0) is 29.9. The lowest BCUT2D eigenvalue weighted by atomic mass is 9.85. The number of benzene rings is 1. The zero-order valence-corrected chi connectivity index (χ0v) is 23.3. The molecule has 216 valence electrons. The average Bonchev–Trinajstić information content (AvgIpc) is 3.14. The summed E-state index contributed by atoms with van der Waals surface area (Å²) in [7, 11) is 0. The van der Waals surface area contributed by atoms with Gasteiger partial charge in [-0.05, 0) is 53.2 Å². The molecule has 0 aromatic heterocycles. The van der Waals surface area contributed by atoms with Gasteiger partial charge in [0.25, 0.3) is 0 Å². The molecule has 9 nitrogen and oxygen atoms in total. The summed E-state index contributed by atoms with van der Waals surface area (Å²) in [6, 6.07) is 3.89. The Bertz CT molecular complexity index is 1300. The van der Waals surface area contributed by atoms with Crippen LogP contribution in [0.4, 0.5) is 18.9 Å². The number of anilines is 1. The molecular weight excluding hydrogens is 527 g/mol. The highest BCUT2D eigenvalue weighted by Crippen LogP contribution is 2.65. The molecule has 2 heterocycles. The van der Waals surface area contributed by atoms with Gasteiger partial charge in [-0.25, -0.2) is 0 Å². The van der Waals surface area contributed by atoms with Crippen LogP contribution in [0.2, 0.25) is 0 Å². The normalized spacial score (nSPS) is 26.1. The van der Waals surface area contributed by atoms with Crippen LogP contribution >= 0.6 is 0 Å². The monoisotopic (exact) mass is 561 g/mol. The average molecular weight is 562 g/mol. The molecule has 1 unspecified atom stereocenters. The Labute approximate surface area is 230 Å². The number of piperidine rings is 1. The van der Waals surface area contributed by atoms with Crippen LogP contribution in [0.5, 0.6) is 0 Å². The summed E-state index contributed by atoms with van der Waals surface area (Å²) in [5, 5.41) is 17.1. The van der Waals surface area contributed by atoms with E-state index in [1.807, 2.05) is 44.3 Å². The number of halogens is 3. The maximum Gasteiger partial charge on any atom is 0.471 e. The van der Waals surface area contributed by atoms with Crippen molar-refractivity contribution in [2.24, 2.45) is 22.7 Å². The van der Waals surface area contributed by atoms with Crippen LogP contribution < -0.4 is 16.0 Å². The molecule has 1 aromatic carbocycles. The van der Waals surface area contributed by atoms with Gasteiger partial charge >= 0.3 is 12.1 Å². The smallest absolute Gasteiger partial charge is 0.339 e. The number of carbonyl (C=O) groups excluding carboxylic acids is 4. The molecule has 40 heavy (non-hydrogen) atoms. The van der Waals surface area contributed by atoms with E-state index in [4.69, 9.17) is 0 Å². The molecule has 2 fully saturated rings. The first-order valence-electron chi connectivity index (χ1n) is 13.2. The summed E-state index contributed by atoms with van der Waals surface area (Å²) < 4.78 is 39.1. The standard InChI is InChI=1S/C28H34F3N5O4/c1-13-7-8-15-16(22(37)34-18(15)9-13)10-14(11-32)33-23(38)20-19-17(27(19,5)6)12-36(20)24(39)21(26(2,3)4)35-25(40)28(29,30)31/h7-9,14,16-17,19-21H,10,12H2,1-6H3,(H,33,38)(H,34,37)(H,35,40)/t14-,16?,17-,19+,20-,21+/m0/s1. The van der Waals surface area contributed by atoms with Crippen LogP contribution in [0.25, 0.3) is 0 Å². The van der Waals surface area contributed by atoms with Gasteiger partial charge in [0.2, 0.25) is 17.7 Å². The molecule has 4 amide bonds. The van der Waals surface area contributed by atoms with E-state index < -0.39 is 53.4 Å². The molecule has 6 atom stereocenters. The molecule has 0 bridgehead atoms. The molecule has 3 aliphatic rings. The number of nitrogens with zero attached hydrogens (tertiary/aromatic N) is 2. The quantitative estimate of drug-likeness (QED) is 0.492. The van der Waals surface area contributed by atoms with Gasteiger partial charge < -0.3 is 20.9 Å². The van der Waals surface area contributed by atoms with Crippen molar-refractivity contribution < 1.29 is 32.3 Å². The molecule has 1 saturated carbocycles. The van der Waals surface area contributed by atoms with Gasteiger partial charge in [0, 0.05) is 12.2 Å². The first-order chi connectivity index (χ1) is 18.4. The third kappa shape index (κ3) is 5.25. The van der Waals surface area contributed by atoms with Crippen molar-refractivity contribution in [1.29, 1.82) is 5.26 Å². The number of aryl methyl sites for hydroxylation is 1. The SMILES string of the molecule is Cc1ccc2c(c1)NC(=O)C2C[C@@H](C#N)NC(=O)[C@@H]1[C@H]2[C@H](CN1C(=O)[C@@H](NC(=O)C(F)(F)F)C(C)(C)C)C2(C)C. The number of carbonyl (C=O) groups is 4. The maximum atomic E-state index is 13.6. The molecule has 1 aliphatic carbocycles. The molecule has 0 radical (unpaired) electrons. The van der Waals surface area contributed by atoms with Crippen molar-refractivity contribution in [2.45, 2.75) is 78.2 Å². The third-order valence-corrected chi connectivity index (χ3v) is 8.51. The second-order valence-electron chi connectivity index (χ2n) is 12.7. The van der Waals surface area contributed by atoms with E-state index in [-0.39, 0.29) is 36.1 Å². The van der Waals surface area contributed by atoms with Gasteiger partial charge in [-0.2, -0.15) is 18.4 Å². The Kier molecular flexibility index (Phi) is 7.18. The lowest BCUT2D eigenvalue weighted by Gasteiger charge is -2.37. The fourth-order valence-electron chi connectivity index (χ4n) is 6.15. The maximum absolute atomic E-state index is 13.6. The minimum absolute atomic E-state index is 0.00848. The second-order valence-corrected chi connectivity index (χ2v) is 12.7. The number of amides is 4. The van der Waals surface area contributed by atoms with Gasteiger partial charge in [-0.1, -0.05) is 46.8 Å². The van der Waals surface area contributed by atoms with Crippen molar-refractivity contribution in [1.82, 2.24) is 15.5 Å². The van der Waals surface area contributed by atoms with Gasteiger partial charge in [0.05, 0.1) is 12.0 Å². The van der Waals surface area contributed by atoms with Crippen molar-refractivity contribution in [3.05, 3.63) is 29.3 Å². The molecular formula is C28H34F3N5O4. The third-order valence-electron chi connectivity index (χ3n) is 8.51. The van der Waals surface area contributed by atoms with Gasteiger partial charge in [0.1, 0.15) is 18.1 Å². The topological polar surface area (TPSA) is 131 Å². The van der Waals surface area contributed by atoms with Crippen molar-refractivity contribution in [3.8, 4) is 6.07 Å². The largest absolute Gasteiger partial charge is 0.471 e. The van der Waals surface area contributed by atoms with E-state index in [1.165, 1.54) is 25.7 Å². The van der Waals surface area contributed by atoms with Crippen LogP contribution in [0.15, 0.2) is 18.2 Å². The van der Waals surface area contributed by atoms with Crippen LogP contribution in [0.1, 0.15) is 58.1 Å². The number of nitriles is 1. The zero-order valence-electron chi connectivity index (χ0n) is 23.3. The number of nitrogens with one attached hydrogen (secondary N) is 3. The highest BCUT2D eigenvalue weighted by atomic mass is 19.4. The Balaban J connectivity index is 1.55. The predicted molar refractivity (Wildman–Crippen MR) is 138 cm³/mol. The fourth-order valence-corrected chi connectivity index (χ4v) is 6.15. The van der Waals surface area contributed by atoms with Crippen LogP contribution in [0.3, 0.4) is 0 Å². The van der Waals surface area contributed by atoms with Crippen molar-refractivity contribution in [2.75, 3.05) is 11.9 Å². The summed E-state index contributed by atoms with van der Waals surface area (Å²) in [5.41, 5.74) is 0.951. The molecule has 0 spiro atoms.